The maximum absolute atomic E-state index is 11.5. The van der Waals surface area contributed by atoms with Crippen molar-refractivity contribution < 1.29 is 0 Å². The van der Waals surface area contributed by atoms with Crippen molar-refractivity contribution in [1.82, 2.24) is 9.97 Å². The van der Waals surface area contributed by atoms with E-state index >= 15 is 0 Å². The molecule has 20 heavy (non-hydrogen) atoms. The molecule has 0 bridgehead atoms. The van der Waals surface area contributed by atoms with Gasteiger partial charge in [0.1, 0.15) is 0 Å². The average molecular weight is 354 g/mol. The van der Waals surface area contributed by atoms with Crippen LogP contribution in [0.15, 0.2) is 43.6 Å². The topological polar surface area (TPSA) is 71.8 Å². The molecule has 0 aliphatic heterocycles. The SMILES string of the molecule is Cc1cc(=O)[nH]c(Sc2cc(Br)ccc2CC(C)N)n1. The fourth-order valence-electron chi connectivity index (χ4n) is 1.84. The molecular formula is C14H16BrN3OS. The summed E-state index contributed by atoms with van der Waals surface area (Å²) in [5.74, 6) is 0. The number of halogens is 1. The summed E-state index contributed by atoms with van der Waals surface area (Å²) in [5, 5.41) is 0.596. The highest BCUT2D eigenvalue weighted by Gasteiger charge is 2.09. The molecule has 4 nitrogen and oxygen atoms in total. The fourth-order valence-corrected chi connectivity index (χ4v) is 3.37. The highest BCUT2D eigenvalue weighted by molar-refractivity contribution is 9.10. The third kappa shape index (κ3) is 4.19. The number of aryl methyl sites for hydroxylation is 1. The van der Waals surface area contributed by atoms with Gasteiger partial charge < -0.3 is 10.7 Å². The zero-order chi connectivity index (χ0) is 14.7. The fraction of sp³-hybridized carbons (Fsp3) is 0.286. The first kappa shape index (κ1) is 15.3. The van der Waals surface area contributed by atoms with E-state index in [1.807, 2.05) is 32.0 Å². The van der Waals surface area contributed by atoms with E-state index in [1.165, 1.54) is 17.8 Å². The number of nitrogens with one attached hydrogen (secondary N) is 1. The number of aromatic nitrogens is 2. The number of H-pyrrole nitrogens is 1. The lowest BCUT2D eigenvalue weighted by Gasteiger charge is -2.11. The molecule has 1 unspecified atom stereocenters. The predicted octanol–water partition coefficient (Wildman–Crippen LogP) is 2.88. The maximum Gasteiger partial charge on any atom is 0.251 e. The zero-order valence-corrected chi connectivity index (χ0v) is 13.7. The molecule has 6 heteroatoms. The van der Waals surface area contributed by atoms with Crippen LogP contribution in [0.1, 0.15) is 18.2 Å². The van der Waals surface area contributed by atoms with Crippen LogP contribution in [0.3, 0.4) is 0 Å². The van der Waals surface area contributed by atoms with E-state index in [-0.39, 0.29) is 11.6 Å². The van der Waals surface area contributed by atoms with Crippen molar-refractivity contribution in [3.05, 3.63) is 50.3 Å². The largest absolute Gasteiger partial charge is 0.328 e. The van der Waals surface area contributed by atoms with E-state index < -0.39 is 0 Å². The smallest absolute Gasteiger partial charge is 0.251 e. The summed E-state index contributed by atoms with van der Waals surface area (Å²) in [6.07, 6.45) is 0.783. The van der Waals surface area contributed by atoms with Crippen molar-refractivity contribution in [2.24, 2.45) is 5.73 Å². The number of nitrogens with zero attached hydrogens (tertiary/aromatic N) is 1. The molecule has 0 amide bonds. The Hall–Kier alpha value is -1.11. The van der Waals surface area contributed by atoms with E-state index in [4.69, 9.17) is 5.73 Å². The predicted molar refractivity (Wildman–Crippen MR) is 85.2 cm³/mol. The Morgan fingerprint density at radius 3 is 2.85 bits per heavy atom. The first-order valence-corrected chi connectivity index (χ1v) is 7.85. The lowest BCUT2D eigenvalue weighted by Crippen LogP contribution is -2.18. The van der Waals surface area contributed by atoms with Gasteiger partial charge in [-0.3, -0.25) is 4.79 Å². The van der Waals surface area contributed by atoms with Crippen molar-refractivity contribution in [1.29, 1.82) is 0 Å². The number of benzene rings is 1. The first-order chi connectivity index (χ1) is 9.44. The molecular weight excluding hydrogens is 338 g/mol. The van der Waals surface area contributed by atoms with E-state index in [2.05, 4.69) is 25.9 Å². The number of hydrogen-bond acceptors (Lipinski definition) is 4. The number of aromatic amines is 1. The van der Waals surface area contributed by atoms with Crippen LogP contribution in [-0.4, -0.2) is 16.0 Å². The molecule has 2 rings (SSSR count). The second-order valence-corrected chi connectivity index (χ2v) is 6.67. The van der Waals surface area contributed by atoms with Crippen LogP contribution in [0, 0.1) is 6.92 Å². The van der Waals surface area contributed by atoms with Gasteiger partial charge in [-0.15, -0.1) is 0 Å². The van der Waals surface area contributed by atoms with E-state index in [0.29, 0.717) is 10.9 Å². The van der Waals surface area contributed by atoms with E-state index in [0.717, 1.165) is 21.4 Å². The Morgan fingerprint density at radius 1 is 1.45 bits per heavy atom. The Bertz CT molecular complexity index is 670. The lowest BCUT2D eigenvalue weighted by molar-refractivity contribution is 0.729. The highest BCUT2D eigenvalue weighted by atomic mass is 79.9. The summed E-state index contributed by atoms with van der Waals surface area (Å²) < 4.78 is 0.989. The zero-order valence-electron chi connectivity index (χ0n) is 11.3. The summed E-state index contributed by atoms with van der Waals surface area (Å²) in [5.41, 5.74) is 7.60. The molecule has 1 atom stereocenters. The molecule has 0 saturated carbocycles. The highest BCUT2D eigenvalue weighted by Crippen LogP contribution is 2.30. The van der Waals surface area contributed by atoms with Gasteiger partial charge in [0.25, 0.3) is 5.56 Å². The molecule has 0 spiro atoms. The monoisotopic (exact) mass is 353 g/mol. The van der Waals surface area contributed by atoms with Crippen molar-refractivity contribution >= 4 is 27.7 Å². The molecule has 0 aliphatic rings. The quantitative estimate of drug-likeness (QED) is 0.829. The van der Waals surface area contributed by atoms with Gasteiger partial charge in [-0.05, 0) is 38.0 Å². The van der Waals surface area contributed by atoms with Gasteiger partial charge in [-0.1, -0.05) is 33.8 Å². The summed E-state index contributed by atoms with van der Waals surface area (Å²) in [6.45, 7) is 3.78. The third-order valence-corrected chi connectivity index (χ3v) is 4.11. The van der Waals surface area contributed by atoms with Crippen molar-refractivity contribution in [3.8, 4) is 0 Å². The normalized spacial score (nSPS) is 12.4. The molecule has 1 aromatic carbocycles. The summed E-state index contributed by atoms with van der Waals surface area (Å²) in [7, 11) is 0. The maximum atomic E-state index is 11.5. The van der Waals surface area contributed by atoms with Crippen LogP contribution < -0.4 is 11.3 Å². The van der Waals surface area contributed by atoms with Crippen LogP contribution in [0.25, 0.3) is 0 Å². The van der Waals surface area contributed by atoms with Gasteiger partial charge in [0.15, 0.2) is 5.16 Å². The van der Waals surface area contributed by atoms with Crippen LogP contribution in [0.5, 0.6) is 0 Å². The van der Waals surface area contributed by atoms with Crippen LogP contribution in [-0.2, 0) is 6.42 Å². The Kier molecular flexibility index (Phi) is 5.01. The lowest BCUT2D eigenvalue weighted by atomic mass is 10.1. The molecule has 0 radical (unpaired) electrons. The standard InChI is InChI=1S/C14H16BrN3OS/c1-8(16)5-10-3-4-11(15)7-12(10)20-14-17-9(2)6-13(19)18-14/h3-4,6-8H,5,16H2,1-2H3,(H,17,18,19). The van der Waals surface area contributed by atoms with Gasteiger partial charge in [-0.25, -0.2) is 4.98 Å². The van der Waals surface area contributed by atoms with Gasteiger partial charge in [0.05, 0.1) is 0 Å². The molecule has 0 fully saturated rings. The van der Waals surface area contributed by atoms with Crippen LogP contribution >= 0.6 is 27.7 Å². The molecule has 1 aromatic heterocycles. The molecule has 106 valence electrons. The number of nitrogens with two attached hydrogens (primary N) is 1. The van der Waals surface area contributed by atoms with E-state index in [1.54, 1.807) is 0 Å². The van der Waals surface area contributed by atoms with Gasteiger partial charge in [0, 0.05) is 27.2 Å². The average Bonchev–Trinajstić information content (AvgIpc) is 2.31. The Balaban J connectivity index is 2.36. The number of hydrogen-bond donors (Lipinski definition) is 2. The van der Waals surface area contributed by atoms with Crippen LogP contribution in [0.4, 0.5) is 0 Å². The Labute approximate surface area is 130 Å². The van der Waals surface area contributed by atoms with Crippen molar-refractivity contribution in [2.75, 3.05) is 0 Å². The summed E-state index contributed by atoms with van der Waals surface area (Å²) in [6, 6.07) is 7.62. The molecule has 3 N–H and O–H groups in total. The second-order valence-electron chi connectivity index (χ2n) is 4.73. The van der Waals surface area contributed by atoms with Gasteiger partial charge in [0.2, 0.25) is 0 Å². The van der Waals surface area contributed by atoms with E-state index in [9.17, 15) is 4.79 Å². The summed E-state index contributed by atoms with van der Waals surface area (Å²) >= 11 is 4.91. The van der Waals surface area contributed by atoms with Gasteiger partial charge >= 0.3 is 0 Å². The second kappa shape index (κ2) is 6.56. The third-order valence-electron chi connectivity index (χ3n) is 2.63. The number of rotatable bonds is 4. The van der Waals surface area contributed by atoms with Gasteiger partial charge in [-0.2, -0.15) is 0 Å². The van der Waals surface area contributed by atoms with Crippen molar-refractivity contribution in [3.63, 3.8) is 0 Å². The molecule has 0 aliphatic carbocycles. The summed E-state index contributed by atoms with van der Waals surface area (Å²) in [4.78, 5) is 19.6. The van der Waals surface area contributed by atoms with Crippen LogP contribution in [0.2, 0.25) is 0 Å². The molecule has 0 saturated heterocycles. The molecule has 1 heterocycles. The minimum absolute atomic E-state index is 0.0834. The first-order valence-electron chi connectivity index (χ1n) is 6.24. The minimum Gasteiger partial charge on any atom is -0.328 e. The van der Waals surface area contributed by atoms with Crippen molar-refractivity contribution in [2.45, 2.75) is 36.4 Å². The minimum atomic E-state index is -0.135. The molecule has 2 aromatic rings. The Morgan fingerprint density at radius 2 is 2.20 bits per heavy atom.